The van der Waals surface area contributed by atoms with Crippen molar-refractivity contribution in [2.45, 2.75) is 19.4 Å². The number of halogens is 1. The van der Waals surface area contributed by atoms with Gasteiger partial charge in [-0.15, -0.1) is 24.0 Å². The number of methoxy groups -OCH3 is 1. The van der Waals surface area contributed by atoms with Crippen LogP contribution in [-0.2, 0) is 9.47 Å². The van der Waals surface area contributed by atoms with E-state index in [0.29, 0.717) is 0 Å². The maximum atomic E-state index is 6.02. The number of morpholine rings is 1. The molecule has 0 amide bonds. The van der Waals surface area contributed by atoms with Crippen LogP contribution >= 0.6 is 24.0 Å². The fourth-order valence-electron chi connectivity index (χ4n) is 3.22. The van der Waals surface area contributed by atoms with Crippen LogP contribution in [0.15, 0.2) is 29.3 Å². The van der Waals surface area contributed by atoms with Crippen LogP contribution in [0.4, 0.5) is 0 Å². The van der Waals surface area contributed by atoms with Gasteiger partial charge in [-0.3, -0.25) is 4.99 Å². The molecule has 1 heterocycles. The topological polar surface area (TPSA) is 49.3 Å². The third-order valence-corrected chi connectivity index (χ3v) is 4.79. The van der Waals surface area contributed by atoms with Crippen molar-refractivity contribution in [1.82, 2.24) is 15.1 Å². The number of hydrogen-bond acceptors (Lipinski definition) is 4. The van der Waals surface area contributed by atoms with Gasteiger partial charge in [0.25, 0.3) is 0 Å². The van der Waals surface area contributed by atoms with Gasteiger partial charge in [-0.1, -0.05) is 24.3 Å². The predicted molar refractivity (Wildman–Crippen MR) is 122 cm³/mol. The highest BCUT2D eigenvalue weighted by Crippen LogP contribution is 2.24. The summed E-state index contributed by atoms with van der Waals surface area (Å²) < 4.78 is 11.1. The van der Waals surface area contributed by atoms with Crippen molar-refractivity contribution < 1.29 is 9.47 Å². The fraction of sp³-hybridized carbons (Fsp3) is 0.650. The first-order chi connectivity index (χ1) is 12.7. The summed E-state index contributed by atoms with van der Waals surface area (Å²) in [6.07, 6.45) is 1.17. The van der Waals surface area contributed by atoms with Crippen molar-refractivity contribution in [2.24, 2.45) is 4.99 Å². The van der Waals surface area contributed by atoms with Gasteiger partial charge in [0.15, 0.2) is 5.96 Å². The zero-order valence-electron chi connectivity index (χ0n) is 17.1. The van der Waals surface area contributed by atoms with Crippen molar-refractivity contribution in [3.63, 3.8) is 0 Å². The molecule has 0 aromatic heterocycles. The number of nitrogens with one attached hydrogen (secondary N) is 1. The summed E-state index contributed by atoms with van der Waals surface area (Å²) in [5.74, 6) is 0.964. The van der Waals surface area contributed by atoms with E-state index in [1.54, 1.807) is 7.11 Å². The Kier molecular flexibility index (Phi) is 11.9. The smallest absolute Gasteiger partial charge is 0.193 e. The van der Waals surface area contributed by atoms with Crippen LogP contribution in [0.1, 0.15) is 23.7 Å². The zero-order chi connectivity index (χ0) is 18.8. The van der Waals surface area contributed by atoms with Crippen molar-refractivity contribution in [1.29, 1.82) is 0 Å². The summed E-state index contributed by atoms with van der Waals surface area (Å²) >= 11 is 0. The molecule has 7 heteroatoms. The quantitative estimate of drug-likeness (QED) is 0.263. The Balaban J connectivity index is 0.00000364. The van der Waals surface area contributed by atoms with Crippen molar-refractivity contribution in [2.75, 3.05) is 67.1 Å². The Hall–Kier alpha value is -0.900. The molecule has 1 fully saturated rings. The average molecular weight is 490 g/mol. The lowest BCUT2D eigenvalue weighted by Crippen LogP contribution is -2.48. The zero-order valence-corrected chi connectivity index (χ0v) is 19.4. The lowest BCUT2D eigenvalue weighted by atomic mass is 10.0. The van der Waals surface area contributed by atoms with E-state index in [-0.39, 0.29) is 30.1 Å². The minimum Gasteiger partial charge on any atom is -0.383 e. The number of rotatable bonds is 8. The maximum absolute atomic E-state index is 6.02. The third-order valence-electron chi connectivity index (χ3n) is 4.79. The van der Waals surface area contributed by atoms with Gasteiger partial charge in [-0.05, 0) is 38.1 Å². The van der Waals surface area contributed by atoms with Crippen LogP contribution in [0.2, 0.25) is 0 Å². The van der Waals surface area contributed by atoms with Crippen molar-refractivity contribution in [3.05, 3.63) is 35.4 Å². The van der Waals surface area contributed by atoms with Crippen LogP contribution in [0, 0.1) is 6.92 Å². The number of aryl methyl sites for hydroxylation is 1. The van der Waals surface area contributed by atoms with Gasteiger partial charge in [0, 0.05) is 33.8 Å². The minimum absolute atomic E-state index is 0. The first kappa shape index (κ1) is 24.1. The molecule has 0 spiro atoms. The van der Waals surface area contributed by atoms with Crippen LogP contribution in [-0.4, -0.2) is 82.9 Å². The van der Waals surface area contributed by atoms with E-state index in [1.807, 2.05) is 7.05 Å². The minimum atomic E-state index is 0. The van der Waals surface area contributed by atoms with Crippen LogP contribution in [0.3, 0.4) is 0 Å². The van der Waals surface area contributed by atoms with E-state index < -0.39 is 0 Å². The molecule has 0 saturated carbocycles. The molecule has 0 aliphatic carbocycles. The Bertz CT molecular complexity index is 571. The largest absolute Gasteiger partial charge is 0.383 e. The molecule has 1 aliphatic heterocycles. The number of likely N-dealkylation sites (N-methyl/N-ethyl adjacent to an activating group) is 1. The summed E-state index contributed by atoms with van der Waals surface area (Å²) in [7, 11) is 5.72. The standard InChI is InChI=1S/C20H34N4O2.HI/c1-17-8-5-6-9-18(17)19-16-24(13-15-26-19)20(21-2)22-10-7-11-23(3)12-14-25-4;/h5-6,8-9,19H,7,10-16H2,1-4H3,(H,21,22);1H. The molecule has 27 heavy (non-hydrogen) atoms. The fourth-order valence-corrected chi connectivity index (χ4v) is 3.22. The van der Waals surface area contributed by atoms with Crippen molar-refractivity contribution >= 4 is 29.9 Å². The van der Waals surface area contributed by atoms with E-state index in [1.165, 1.54) is 11.1 Å². The lowest BCUT2D eigenvalue weighted by Gasteiger charge is -2.35. The molecule has 1 atom stereocenters. The normalized spacial score (nSPS) is 17.7. The number of benzene rings is 1. The van der Waals surface area contributed by atoms with Crippen LogP contribution in [0.5, 0.6) is 0 Å². The highest BCUT2D eigenvalue weighted by atomic mass is 127. The highest BCUT2D eigenvalue weighted by Gasteiger charge is 2.24. The van der Waals surface area contributed by atoms with Gasteiger partial charge in [0.1, 0.15) is 6.10 Å². The molecule has 154 valence electrons. The first-order valence-corrected chi connectivity index (χ1v) is 9.46. The molecule has 6 nitrogen and oxygen atoms in total. The van der Waals surface area contributed by atoms with Gasteiger partial charge in [-0.2, -0.15) is 0 Å². The molecule has 1 aliphatic rings. The van der Waals surface area contributed by atoms with Gasteiger partial charge in [0.05, 0.1) is 19.8 Å². The Morgan fingerprint density at radius 2 is 2.15 bits per heavy atom. The summed E-state index contributed by atoms with van der Waals surface area (Å²) in [5, 5.41) is 3.50. The van der Waals surface area contributed by atoms with E-state index in [2.05, 4.69) is 58.3 Å². The Labute approximate surface area is 181 Å². The Morgan fingerprint density at radius 3 is 2.85 bits per heavy atom. The number of aliphatic imine (C=N–C) groups is 1. The molecular formula is C20H35IN4O2. The Morgan fingerprint density at radius 1 is 1.37 bits per heavy atom. The van der Waals surface area contributed by atoms with Gasteiger partial charge in [0.2, 0.25) is 0 Å². The van der Waals surface area contributed by atoms with Gasteiger partial charge in [-0.25, -0.2) is 0 Å². The molecule has 1 saturated heterocycles. The van der Waals surface area contributed by atoms with Crippen LogP contribution < -0.4 is 5.32 Å². The second kappa shape index (κ2) is 13.3. The SMILES string of the molecule is CN=C(NCCCN(C)CCOC)N1CCOC(c2ccccc2C)C1.I. The summed E-state index contributed by atoms with van der Waals surface area (Å²) in [4.78, 5) is 9.06. The lowest BCUT2D eigenvalue weighted by molar-refractivity contribution is -0.00831. The maximum Gasteiger partial charge on any atom is 0.193 e. The summed E-state index contributed by atoms with van der Waals surface area (Å²) in [6, 6.07) is 8.46. The molecule has 2 rings (SSSR count). The summed E-state index contributed by atoms with van der Waals surface area (Å²) in [6.45, 7) is 8.27. The third kappa shape index (κ3) is 7.93. The number of ether oxygens (including phenoxy) is 2. The number of guanidine groups is 1. The molecule has 1 N–H and O–H groups in total. The van der Waals surface area contributed by atoms with Gasteiger partial charge >= 0.3 is 0 Å². The number of hydrogen-bond donors (Lipinski definition) is 1. The van der Waals surface area contributed by atoms with Gasteiger partial charge < -0.3 is 24.6 Å². The van der Waals surface area contributed by atoms with E-state index in [9.17, 15) is 0 Å². The molecule has 1 aromatic rings. The average Bonchev–Trinajstić information content (AvgIpc) is 2.67. The van der Waals surface area contributed by atoms with E-state index >= 15 is 0 Å². The second-order valence-corrected chi connectivity index (χ2v) is 6.79. The molecule has 0 bridgehead atoms. The monoisotopic (exact) mass is 490 g/mol. The molecule has 1 unspecified atom stereocenters. The predicted octanol–water partition coefficient (Wildman–Crippen LogP) is 2.53. The molecule has 1 aromatic carbocycles. The second-order valence-electron chi connectivity index (χ2n) is 6.79. The molecule has 0 radical (unpaired) electrons. The summed E-state index contributed by atoms with van der Waals surface area (Å²) in [5.41, 5.74) is 2.55. The highest BCUT2D eigenvalue weighted by molar-refractivity contribution is 14.0. The molecular weight excluding hydrogens is 455 g/mol. The van der Waals surface area contributed by atoms with E-state index in [4.69, 9.17) is 9.47 Å². The van der Waals surface area contributed by atoms with E-state index in [0.717, 1.165) is 58.3 Å². The van der Waals surface area contributed by atoms with Crippen molar-refractivity contribution in [3.8, 4) is 0 Å². The van der Waals surface area contributed by atoms with Crippen LogP contribution in [0.25, 0.3) is 0 Å². The first-order valence-electron chi connectivity index (χ1n) is 9.46. The number of nitrogens with zero attached hydrogens (tertiary/aromatic N) is 3.